The van der Waals surface area contributed by atoms with Crippen LogP contribution in [0.3, 0.4) is 0 Å². The topological polar surface area (TPSA) is 20.3 Å². The third-order valence-electron chi connectivity index (χ3n) is 3.73. The van der Waals surface area contributed by atoms with Crippen LogP contribution in [0.5, 0.6) is 0 Å². The lowest BCUT2D eigenvalue weighted by atomic mass is 10.1. The summed E-state index contributed by atoms with van der Waals surface area (Å²) in [6, 6.07) is 10.2. The molecule has 0 bridgehead atoms. The Morgan fingerprint density at radius 1 is 1.17 bits per heavy atom. The second-order valence-corrected chi connectivity index (χ2v) is 7.48. The monoisotopic (exact) mass is 377 g/mol. The van der Waals surface area contributed by atoms with Crippen LogP contribution in [0.2, 0.25) is 5.02 Å². The number of hydrogen-bond acceptors (Lipinski definition) is 3. The number of hydrogen-bond donors (Lipinski definition) is 0. The average molecular weight is 378 g/mol. The average Bonchev–Trinajstić information content (AvgIpc) is 2.78. The number of carbonyl (C=O) groups excluding carboxylic acids is 1. The Morgan fingerprint density at radius 2 is 1.79 bits per heavy atom. The highest BCUT2D eigenvalue weighted by molar-refractivity contribution is 8.27. The highest BCUT2D eigenvalue weighted by Gasteiger charge is 2.35. The van der Waals surface area contributed by atoms with Gasteiger partial charge in [0, 0.05) is 5.56 Å². The van der Waals surface area contributed by atoms with Gasteiger partial charge in [0.1, 0.15) is 5.82 Å². The number of thioether (sulfide) groups is 1. The number of para-hydroxylation sites is 1. The summed E-state index contributed by atoms with van der Waals surface area (Å²) < 4.78 is 14.4. The molecule has 122 valence electrons. The summed E-state index contributed by atoms with van der Waals surface area (Å²) in [5.74, 6) is -0.735. The van der Waals surface area contributed by atoms with Gasteiger partial charge in [-0.3, -0.25) is 9.69 Å². The maximum atomic E-state index is 14.0. The smallest absolute Gasteiger partial charge is 0.268 e. The maximum absolute atomic E-state index is 14.0. The van der Waals surface area contributed by atoms with E-state index in [4.69, 9.17) is 23.8 Å². The van der Waals surface area contributed by atoms with Crippen molar-refractivity contribution in [3.63, 3.8) is 0 Å². The second-order valence-electron chi connectivity index (χ2n) is 5.39. The predicted molar refractivity (Wildman–Crippen MR) is 103 cm³/mol. The van der Waals surface area contributed by atoms with E-state index < -0.39 is 5.82 Å². The molecule has 6 heteroatoms. The van der Waals surface area contributed by atoms with E-state index in [1.54, 1.807) is 6.07 Å². The normalized spacial score (nSPS) is 16.3. The minimum atomic E-state index is -0.472. The summed E-state index contributed by atoms with van der Waals surface area (Å²) in [4.78, 5) is 14.7. The first-order valence-electron chi connectivity index (χ1n) is 7.18. The molecule has 1 amide bonds. The Morgan fingerprint density at radius 3 is 2.42 bits per heavy atom. The van der Waals surface area contributed by atoms with E-state index in [-0.39, 0.29) is 16.5 Å². The molecular formula is C18H13ClFNOS2. The van der Waals surface area contributed by atoms with E-state index in [1.165, 1.54) is 23.1 Å². The Hall–Kier alpha value is -1.69. The van der Waals surface area contributed by atoms with Crippen molar-refractivity contribution in [2.75, 3.05) is 4.90 Å². The molecule has 0 aromatic heterocycles. The highest BCUT2D eigenvalue weighted by Crippen LogP contribution is 2.39. The van der Waals surface area contributed by atoms with Crippen LogP contribution in [0.15, 0.2) is 41.3 Å². The molecule has 3 rings (SSSR count). The van der Waals surface area contributed by atoms with Gasteiger partial charge in [0.15, 0.2) is 4.32 Å². The van der Waals surface area contributed by atoms with E-state index in [9.17, 15) is 9.18 Å². The fourth-order valence-corrected chi connectivity index (χ4v) is 4.07. The number of anilines is 1. The first kappa shape index (κ1) is 17.1. The second kappa shape index (κ2) is 6.67. The van der Waals surface area contributed by atoms with Crippen LogP contribution < -0.4 is 4.90 Å². The van der Waals surface area contributed by atoms with Gasteiger partial charge >= 0.3 is 0 Å². The summed E-state index contributed by atoms with van der Waals surface area (Å²) in [6.45, 7) is 3.86. The lowest BCUT2D eigenvalue weighted by Crippen LogP contribution is -2.29. The molecule has 0 unspecified atom stereocenters. The van der Waals surface area contributed by atoms with Crippen molar-refractivity contribution in [3.05, 3.63) is 68.8 Å². The van der Waals surface area contributed by atoms with Crippen LogP contribution in [0.4, 0.5) is 10.1 Å². The molecule has 0 spiro atoms. The van der Waals surface area contributed by atoms with Crippen molar-refractivity contribution >= 4 is 57.6 Å². The lowest BCUT2D eigenvalue weighted by molar-refractivity contribution is -0.113. The van der Waals surface area contributed by atoms with Crippen LogP contribution in [-0.2, 0) is 4.79 Å². The summed E-state index contributed by atoms with van der Waals surface area (Å²) >= 11 is 12.6. The van der Waals surface area contributed by atoms with E-state index in [2.05, 4.69) is 0 Å². The summed E-state index contributed by atoms with van der Waals surface area (Å²) in [6.07, 6.45) is 1.46. The number of rotatable bonds is 2. The van der Waals surface area contributed by atoms with Crippen molar-refractivity contribution in [2.24, 2.45) is 0 Å². The molecule has 1 aliphatic heterocycles. The number of thiocarbonyl (C=S) groups is 1. The van der Waals surface area contributed by atoms with Crippen molar-refractivity contribution in [1.29, 1.82) is 0 Å². The lowest BCUT2D eigenvalue weighted by Gasteiger charge is -2.19. The third kappa shape index (κ3) is 2.99. The molecule has 24 heavy (non-hydrogen) atoms. The van der Waals surface area contributed by atoms with Gasteiger partial charge in [-0.2, -0.15) is 0 Å². The van der Waals surface area contributed by atoms with Gasteiger partial charge in [0.05, 0.1) is 15.6 Å². The molecule has 0 saturated carbocycles. The Kier molecular flexibility index (Phi) is 4.76. The molecule has 2 nitrogen and oxygen atoms in total. The largest absolute Gasteiger partial charge is 0.270 e. The molecule has 0 radical (unpaired) electrons. The standard InChI is InChI=1S/C18H13ClFNOS2/c1-10-5-3-6-11(2)16(10)21-17(22)15(24-18(21)23)9-12-13(19)7-4-8-14(12)20/h3-9H,1-2H3/b15-9-. The molecule has 1 fully saturated rings. The van der Waals surface area contributed by atoms with E-state index in [0.717, 1.165) is 28.6 Å². The number of carbonyl (C=O) groups is 1. The number of halogens is 2. The maximum Gasteiger partial charge on any atom is 0.270 e. The SMILES string of the molecule is Cc1cccc(C)c1N1C(=O)/C(=C/c2c(F)cccc2Cl)SC1=S. The van der Waals surface area contributed by atoms with Crippen LogP contribution in [0.25, 0.3) is 6.08 Å². The number of benzene rings is 2. The molecule has 0 atom stereocenters. The van der Waals surface area contributed by atoms with Crippen molar-refractivity contribution in [2.45, 2.75) is 13.8 Å². The summed E-state index contributed by atoms with van der Waals surface area (Å²) in [5, 5.41) is 0.257. The quantitative estimate of drug-likeness (QED) is 0.509. The number of amides is 1. The third-order valence-corrected chi connectivity index (χ3v) is 5.36. The van der Waals surface area contributed by atoms with Gasteiger partial charge in [0.2, 0.25) is 0 Å². The number of aryl methyl sites for hydroxylation is 2. The number of nitrogens with zero attached hydrogens (tertiary/aromatic N) is 1. The molecule has 0 N–H and O–H groups in total. The summed E-state index contributed by atoms with van der Waals surface area (Å²) in [5.41, 5.74) is 2.89. The van der Waals surface area contributed by atoms with E-state index in [1.807, 2.05) is 32.0 Å². The Bertz CT molecular complexity index is 854. The summed E-state index contributed by atoms with van der Waals surface area (Å²) in [7, 11) is 0. The zero-order valence-corrected chi connectivity index (χ0v) is 15.4. The van der Waals surface area contributed by atoms with E-state index >= 15 is 0 Å². The molecule has 1 aliphatic rings. The van der Waals surface area contributed by atoms with Gasteiger partial charge in [0.25, 0.3) is 5.91 Å². The van der Waals surface area contributed by atoms with Crippen LogP contribution in [-0.4, -0.2) is 10.2 Å². The Labute approximate surface area is 154 Å². The zero-order chi connectivity index (χ0) is 17.4. The first-order valence-corrected chi connectivity index (χ1v) is 8.78. The molecule has 1 heterocycles. The van der Waals surface area contributed by atoms with Gasteiger partial charge < -0.3 is 0 Å². The fraction of sp³-hybridized carbons (Fsp3) is 0.111. The van der Waals surface area contributed by atoms with Crippen LogP contribution in [0.1, 0.15) is 16.7 Å². The molecule has 2 aromatic carbocycles. The predicted octanol–water partition coefficient (Wildman–Crippen LogP) is 5.50. The van der Waals surface area contributed by atoms with Gasteiger partial charge in [-0.05, 0) is 43.2 Å². The molecule has 0 aliphatic carbocycles. The fourth-order valence-electron chi connectivity index (χ4n) is 2.60. The van der Waals surface area contributed by atoms with Crippen molar-refractivity contribution in [1.82, 2.24) is 0 Å². The van der Waals surface area contributed by atoms with Crippen LogP contribution in [0, 0.1) is 19.7 Å². The minimum Gasteiger partial charge on any atom is -0.268 e. The zero-order valence-electron chi connectivity index (χ0n) is 13.0. The van der Waals surface area contributed by atoms with Gasteiger partial charge in [-0.25, -0.2) is 4.39 Å². The van der Waals surface area contributed by atoms with Crippen molar-refractivity contribution < 1.29 is 9.18 Å². The highest BCUT2D eigenvalue weighted by atomic mass is 35.5. The molecule has 1 saturated heterocycles. The minimum absolute atomic E-state index is 0.196. The van der Waals surface area contributed by atoms with Crippen LogP contribution >= 0.6 is 35.6 Å². The molecule has 2 aromatic rings. The van der Waals surface area contributed by atoms with Gasteiger partial charge in [-0.1, -0.05) is 59.8 Å². The Balaban J connectivity index is 2.06. The van der Waals surface area contributed by atoms with Crippen molar-refractivity contribution in [3.8, 4) is 0 Å². The first-order chi connectivity index (χ1) is 11.4. The molecular weight excluding hydrogens is 365 g/mol. The van der Waals surface area contributed by atoms with Gasteiger partial charge in [-0.15, -0.1) is 0 Å². The van der Waals surface area contributed by atoms with E-state index in [0.29, 0.717) is 9.23 Å².